The Hall–Kier alpha value is -1.75. The van der Waals surface area contributed by atoms with Crippen molar-refractivity contribution >= 4 is 41.7 Å². The van der Waals surface area contributed by atoms with E-state index in [1.54, 1.807) is 31.2 Å². The lowest BCUT2D eigenvalue weighted by Crippen LogP contribution is -2.32. The molecule has 7 nitrogen and oxygen atoms in total. The summed E-state index contributed by atoms with van der Waals surface area (Å²) in [5, 5.41) is 2.76. The minimum Gasteiger partial charge on any atom is -0.350 e. The number of carbonyl (C=O) groups excluding carboxylic acids is 1. The third-order valence-electron chi connectivity index (χ3n) is 3.95. The smallest absolute Gasteiger partial charge is 0.240 e. The summed E-state index contributed by atoms with van der Waals surface area (Å²) < 4.78 is 50.5. The van der Waals surface area contributed by atoms with Crippen molar-refractivity contribution in [1.82, 2.24) is 10.0 Å². The van der Waals surface area contributed by atoms with Crippen LogP contribution in [0.25, 0.3) is 0 Å². The van der Waals surface area contributed by atoms with Gasteiger partial charge in [-0.15, -0.1) is 0 Å². The molecule has 0 fully saturated rings. The Morgan fingerprint density at radius 3 is 2.04 bits per heavy atom. The lowest BCUT2D eigenvalue weighted by atomic mass is 10.1. The zero-order valence-electron chi connectivity index (χ0n) is 15.3. The minimum absolute atomic E-state index is 0.0263. The summed E-state index contributed by atoms with van der Waals surface area (Å²) in [6, 6.07) is 12.1. The van der Waals surface area contributed by atoms with E-state index in [9.17, 15) is 21.6 Å². The van der Waals surface area contributed by atoms with Crippen molar-refractivity contribution in [2.45, 2.75) is 29.2 Å². The van der Waals surface area contributed by atoms with Gasteiger partial charge in [0.15, 0.2) is 9.84 Å². The fourth-order valence-corrected chi connectivity index (χ4v) is 4.32. The number of nitrogens with one attached hydrogen (secondary N) is 2. The van der Waals surface area contributed by atoms with Crippen LogP contribution >= 0.6 is 15.9 Å². The van der Waals surface area contributed by atoms with Crippen LogP contribution in [-0.2, 0) is 24.7 Å². The molecule has 0 radical (unpaired) electrons. The Morgan fingerprint density at radius 2 is 1.50 bits per heavy atom. The second-order valence-electron chi connectivity index (χ2n) is 6.23. The van der Waals surface area contributed by atoms with Crippen molar-refractivity contribution in [3.8, 4) is 0 Å². The van der Waals surface area contributed by atoms with Gasteiger partial charge in [0, 0.05) is 23.7 Å². The maximum atomic E-state index is 12.2. The molecule has 10 heteroatoms. The number of halogens is 1. The molecule has 0 saturated carbocycles. The Labute approximate surface area is 173 Å². The average Bonchev–Trinajstić information content (AvgIpc) is 2.61. The van der Waals surface area contributed by atoms with Gasteiger partial charge in [0.2, 0.25) is 15.9 Å². The molecule has 1 unspecified atom stereocenters. The van der Waals surface area contributed by atoms with Gasteiger partial charge in [-0.25, -0.2) is 21.6 Å². The molecule has 0 saturated heterocycles. The summed E-state index contributed by atoms with van der Waals surface area (Å²) in [7, 11) is -6.95. The molecular formula is C18H21BrN2O5S2. The van der Waals surface area contributed by atoms with E-state index in [4.69, 9.17) is 0 Å². The Morgan fingerprint density at radius 1 is 0.964 bits per heavy atom. The van der Waals surface area contributed by atoms with Gasteiger partial charge in [-0.05, 0) is 48.9 Å². The zero-order valence-corrected chi connectivity index (χ0v) is 18.6. The van der Waals surface area contributed by atoms with Gasteiger partial charge in [0.05, 0.1) is 15.8 Å². The molecule has 1 atom stereocenters. The molecule has 28 heavy (non-hydrogen) atoms. The molecule has 0 spiro atoms. The molecule has 0 heterocycles. The van der Waals surface area contributed by atoms with Crippen molar-refractivity contribution < 1.29 is 21.6 Å². The second-order valence-corrected chi connectivity index (χ2v) is 10.9. The fourth-order valence-electron chi connectivity index (χ4n) is 2.40. The van der Waals surface area contributed by atoms with Gasteiger partial charge < -0.3 is 5.32 Å². The van der Waals surface area contributed by atoms with Crippen LogP contribution in [0.5, 0.6) is 0 Å². The fraction of sp³-hybridized carbons (Fsp3) is 0.278. The Kier molecular flexibility index (Phi) is 7.38. The van der Waals surface area contributed by atoms with E-state index in [1.807, 2.05) is 0 Å². The van der Waals surface area contributed by atoms with Crippen LogP contribution in [0.3, 0.4) is 0 Å². The lowest BCUT2D eigenvalue weighted by Gasteiger charge is -2.15. The summed E-state index contributed by atoms with van der Waals surface area (Å²) in [5.74, 6) is -0.321. The van der Waals surface area contributed by atoms with Crippen LogP contribution in [0.2, 0.25) is 0 Å². The molecule has 0 bridgehead atoms. The van der Waals surface area contributed by atoms with E-state index >= 15 is 0 Å². The molecule has 0 aromatic heterocycles. The molecule has 0 aliphatic carbocycles. The van der Waals surface area contributed by atoms with E-state index in [-0.39, 0.29) is 34.7 Å². The standard InChI is InChI=1S/C18H21BrN2O5S2/c1-13(14-3-7-16(8-4-14)27(2,23)24)21-18(22)11-12-20-28(25,26)17-9-5-15(19)6-10-17/h3-10,13,20H,11-12H2,1-2H3,(H,21,22). The van der Waals surface area contributed by atoms with Gasteiger partial charge >= 0.3 is 0 Å². The highest BCUT2D eigenvalue weighted by Crippen LogP contribution is 2.17. The first-order chi connectivity index (χ1) is 13.0. The van der Waals surface area contributed by atoms with Crippen molar-refractivity contribution in [3.63, 3.8) is 0 Å². The minimum atomic E-state index is -3.68. The summed E-state index contributed by atoms with van der Waals surface area (Å²) in [5.41, 5.74) is 0.746. The quantitative estimate of drug-likeness (QED) is 0.592. The predicted molar refractivity (Wildman–Crippen MR) is 110 cm³/mol. The third kappa shape index (κ3) is 6.40. The molecule has 0 aliphatic heterocycles. The van der Waals surface area contributed by atoms with Gasteiger partial charge in [0.25, 0.3) is 0 Å². The molecule has 2 aromatic carbocycles. The summed E-state index contributed by atoms with van der Waals surface area (Å²) in [4.78, 5) is 12.4. The highest BCUT2D eigenvalue weighted by molar-refractivity contribution is 9.10. The van der Waals surface area contributed by atoms with E-state index in [0.29, 0.717) is 0 Å². The van der Waals surface area contributed by atoms with Crippen LogP contribution in [0, 0.1) is 0 Å². The van der Waals surface area contributed by atoms with E-state index in [2.05, 4.69) is 26.0 Å². The molecular weight excluding hydrogens is 468 g/mol. The summed E-state index contributed by atoms with van der Waals surface area (Å²) >= 11 is 3.24. The number of hydrogen-bond acceptors (Lipinski definition) is 5. The first kappa shape index (κ1) is 22.5. The largest absolute Gasteiger partial charge is 0.350 e. The number of benzene rings is 2. The van der Waals surface area contributed by atoms with Crippen molar-refractivity contribution in [2.75, 3.05) is 12.8 Å². The number of sulfone groups is 1. The zero-order chi connectivity index (χ0) is 20.9. The second kappa shape index (κ2) is 9.17. The normalized spacial score (nSPS) is 13.1. The van der Waals surface area contributed by atoms with Crippen LogP contribution in [-0.4, -0.2) is 35.5 Å². The number of sulfonamides is 1. The van der Waals surface area contributed by atoms with Crippen molar-refractivity contribution in [1.29, 1.82) is 0 Å². The Balaban J connectivity index is 1.87. The molecule has 2 rings (SSSR count). The maximum Gasteiger partial charge on any atom is 0.240 e. The SMILES string of the molecule is CC(NC(=O)CCNS(=O)(=O)c1ccc(Br)cc1)c1ccc(S(C)(=O)=O)cc1. The average molecular weight is 489 g/mol. The number of hydrogen-bond donors (Lipinski definition) is 2. The topological polar surface area (TPSA) is 109 Å². The van der Waals surface area contributed by atoms with Gasteiger partial charge in [-0.2, -0.15) is 0 Å². The van der Waals surface area contributed by atoms with Crippen LogP contribution in [0.1, 0.15) is 24.9 Å². The van der Waals surface area contributed by atoms with E-state index < -0.39 is 19.9 Å². The van der Waals surface area contributed by atoms with E-state index in [0.717, 1.165) is 16.3 Å². The summed E-state index contributed by atoms with van der Waals surface area (Å²) in [6.07, 6.45) is 1.10. The van der Waals surface area contributed by atoms with E-state index in [1.165, 1.54) is 24.3 Å². The first-order valence-electron chi connectivity index (χ1n) is 8.33. The maximum absolute atomic E-state index is 12.2. The van der Waals surface area contributed by atoms with Crippen molar-refractivity contribution in [2.24, 2.45) is 0 Å². The monoisotopic (exact) mass is 488 g/mol. The highest BCUT2D eigenvalue weighted by atomic mass is 79.9. The van der Waals surface area contributed by atoms with Crippen LogP contribution in [0.15, 0.2) is 62.8 Å². The molecule has 1 amide bonds. The number of carbonyl (C=O) groups is 1. The highest BCUT2D eigenvalue weighted by Gasteiger charge is 2.15. The lowest BCUT2D eigenvalue weighted by molar-refractivity contribution is -0.121. The molecule has 152 valence electrons. The van der Waals surface area contributed by atoms with Gasteiger partial charge in [0.1, 0.15) is 0 Å². The summed E-state index contributed by atoms with van der Waals surface area (Å²) in [6.45, 7) is 1.73. The number of amides is 1. The molecule has 0 aliphatic rings. The van der Waals surface area contributed by atoms with Gasteiger partial charge in [-0.1, -0.05) is 28.1 Å². The molecule has 2 N–H and O–H groups in total. The van der Waals surface area contributed by atoms with Gasteiger partial charge in [-0.3, -0.25) is 4.79 Å². The predicted octanol–water partition coefficient (Wildman–Crippen LogP) is 2.40. The molecule has 2 aromatic rings. The number of rotatable bonds is 8. The third-order valence-corrected chi connectivity index (χ3v) is 7.09. The van der Waals surface area contributed by atoms with Crippen molar-refractivity contribution in [3.05, 3.63) is 58.6 Å². The van der Waals surface area contributed by atoms with Crippen LogP contribution in [0.4, 0.5) is 0 Å². The first-order valence-corrected chi connectivity index (χ1v) is 12.5. The van der Waals surface area contributed by atoms with Crippen LogP contribution < -0.4 is 10.0 Å². The Bertz CT molecular complexity index is 1030.